The Balaban J connectivity index is 1.35. The highest BCUT2D eigenvalue weighted by Crippen LogP contribution is 2.29. The van der Waals surface area contributed by atoms with Crippen LogP contribution < -0.4 is 5.32 Å². The molecule has 1 saturated carbocycles. The van der Waals surface area contributed by atoms with Crippen LogP contribution in [0.15, 0.2) is 90.3 Å². The molecule has 4 nitrogen and oxygen atoms in total. The lowest BCUT2D eigenvalue weighted by molar-refractivity contribution is 0.0946. The van der Waals surface area contributed by atoms with Gasteiger partial charge in [-0.05, 0) is 43.0 Å². The lowest BCUT2D eigenvalue weighted by Gasteiger charge is -2.25. The Morgan fingerprint density at radius 2 is 1.58 bits per heavy atom. The SMILES string of the molecule is O=C(NC1CC1)c1csc(CN(CCC(c2ccccc2)c2ccccc2)Cc2ccccc2F)n1. The van der Waals surface area contributed by atoms with Crippen LogP contribution in [0.25, 0.3) is 0 Å². The molecule has 0 aliphatic heterocycles. The number of hydrogen-bond acceptors (Lipinski definition) is 4. The summed E-state index contributed by atoms with van der Waals surface area (Å²) in [6, 6.07) is 28.3. The molecule has 1 aliphatic carbocycles. The van der Waals surface area contributed by atoms with Crippen LogP contribution in [-0.4, -0.2) is 28.4 Å². The quantitative estimate of drug-likeness (QED) is 0.260. The molecule has 3 aromatic carbocycles. The monoisotopic (exact) mass is 499 g/mol. The molecular weight excluding hydrogens is 469 g/mol. The van der Waals surface area contributed by atoms with E-state index in [0.717, 1.165) is 30.8 Å². The number of carbonyl (C=O) groups is 1. The fraction of sp³-hybridized carbons (Fsp3) is 0.267. The maximum Gasteiger partial charge on any atom is 0.270 e. The molecule has 0 spiro atoms. The molecule has 1 aromatic heterocycles. The van der Waals surface area contributed by atoms with Crippen LogP contribution >= 0.6 is 11.3 Å². The van der Waals surface area contributed by atoms with Crippen molar-refractivity contribution in [3.05, 3.63) is 124 Å². The first-order valence-electron chi connectivity index (χ1n) is 12.5. The van der Waals surface area contributed by atoms with Gasteiger partial charge in [-0.1, -0.05) is 78.9 Å². The fourth-order valence-electron chi connectivity index (χ4n) is 4.46. The van der Waals surface area contributed by atoms with Gasteiger partial charge in [-0.3, -0.25) is 9.69 Å². The lowest BCUT2D eigenvalue weighted by atomic mass is 9.88. The van der Waals surface area contributed by atoms with Gasteiger partial charge in [0.25, 0.3) is 5.91 Å². The summed E-state index contributed by atoms with van der Waals surface area (Å²) in [5.41, 5.74) is 3.67. The van der Waals surface area contributed by atoms with E-state index in [1.807, 2.05) is 29.6 Å². The first-order chi connectivity index (χ1) is 17.7. The van der Waals surface area contributed by atoms with Gasteiger partial charge in [0.05, 0.1) is 6.54 Å². The summed E-state index contributed by atoms with van der Waals surface area (Å²) in [6.07, 6.45) is 2.97. The third-order valence-electron chi connectivity index (χ3n) is 6.55. The molecule has 6 heteroatoms. The van der Waals surface area contributed by atoms with Crippen molar-refractivity contribution in [2.75, 3.05) is 6.54 Å². The predicted octanol–water partition coefficient (Wildman–Crippen LogP) is 6.40. The topological polar surface area (TPSA) is 45.2 Å². The van der Waals surface area contributed by atoms with Crippen LogP contribution in [-0.2, 0) is 13.1 Å². The van der Waals surface area contributed by atoms with Crippen molar-refractivity contribution in [1.29, 1.82) is 0 Å². The first kappa shape index (κ1) is 24.3. The van der Waals surface area contributed by atoms with Gasteiger partial charge in [-0.15, -0.1) is 11.3 Å². The van der Waals surface area contributed by atoms with Gasteiger partial charge in [0.15, 0.2) is 0 Å². The number of nitrogens with one attached hydrogen (secondary N) is 1. The average Bonchev–Trinajstić information content (AvgIpc) is 3.60. The van der Waals surface area contributed by atoms with Crippen molar-refractivity contribution in [2.45, 2.75) is 44.3 Å². The number of benzene rings is 3. The van der Waals surface area contributed by atoms with Gasteiger partial charge in [0.1, 0.15) is 16.5 Å². The molecule has 5 rings (SSSR count). The maximum atomic E-state index is 14.6. The van der Waals surface area contributed by atoms with Gasteiger partial charge in [-0.2, -0.15) is 0 Å². The highest BCUT2D eigenvalue weighted by molar-refractivity contribution is 7.09. The fourth-order valence-corrected chi connectivity index (χ4v) is 5.27. The van der Waals surface area contributed by atoms with Gasteiger partial charge in [0, 0.05) is 29.4 Å². The van der Waals surface area contributed by atoms with Gasteiger partial charge in [-0.25, -0.2) is 9.37 Å². The summed E-state index contributed by atoms with van der Waals surface area (Å²) < 4.78 is 14.6. The van der Waals surface area contributed by atoms with Crippen LogP contribution in [0, 0.1) is 5.82 Å². The Kier molecular flexibility index (Phi) is 7.84. The number of nitrogens with zero attached hydrogens (tertiary/aromatic N) is 2. The van der Waals surface area contributed by atoms with E-state index in [0.29, 0.717) is 30.4 Å². The minimum absolute atomic E-state index is 0.103. The van der Waals surface area contributed by atoms with E-state index in [9.17, 15) is 9.18 Å². The number of aromatic nitrogens is 1. The molecule has 0 saturated heterocycles. The minimum Gasteiger partial charge on any atom is -0.348 e. The standard InChI is InChI=1S/C30H30FN3OS/c31-27-14-8-7-13-24(27)19-34(20-29-33-28(21-36-29)30(35)32-25-15-16-25)18-17-26(22-9-3-1-4-10-22)23-11-5-2-6-12-23/h1-14,21,25-26H,15-20H2,(H,32,35). The molecule has 4 aromatic rings. The molecular formula is C30H30FN3OS. The second kappa shape index (κ2) is 11.6. The zero-order valence-electron chi connectivity index (χ0n) is 20.1. The maximum absolute atomic E-state index is 14.6. The summed E-state index contributed by atoms with van der Waals surface area (Å²) >= 11 is 1.49. The highest BCUT2D eigenvalue weighted by atomic mass is 32.1. The van der Waals surface area contributed by atoms with Crippen LogP contribution in [0.3, 0.4) is 0 Å². The molecule has 0 radical (unpaired) electrons. The Labute approximate surface area is 215 Å². The van der Waals surface area contributed by atoms with Gasteiger partial charge >= 0.3 is 0 Å². The molecule has 36 heavy (non-hydrogen) atoms. The molecule has 1 aliphatic rings. The van der Waals surface area contributed by atoms with E-state index in [-0.39, 0.29) is 17.6 Å². The number of rotatable bonds is 11. The van der Waals surface area contributed by atoms with Crippen molar-refractivity contribution < 1.29 is 9.18 Å². The predicted molar refractivity (Wildman–Crippen MR) is 142 cm³/mol. The number of thiazole rings is 1. The molecule has 184 valence electrons. The number of halogens is 1. The van der Waals surface area contributed by atoms with Crippen molar-refractivity contribution in [3.8, 4) is 0 Å². The average molecular weight is 500 g/mol. The minimum atomic E-state index is -0.200. The van der Waals surface area contributed by atoms with Gasteiger partial charge < -0.3 is 5.32 Å². The van der Waals surface area contributed by atoms with Gasteiger partial charge in [0.2, 0.25) is 0 Å². The molecule has 1 fully saturated rings. The highest BCUT2D eigenvalue weighted by Gasteiger charge is 2.25. The number of hydrogen-bond donors (Lipinski definition) is 1. The largest absolute Gasteiger partial charge is 0.348 e. The first-order valence-corrected chi connectivity index (χ1v) is 13.3. The summed E-state index contributed by atoms with van der Waals surface area (Å²) in [4.78, 5) is 19.3. The Morgan fingerprint density at radius 3 is 2.22 bits per heavy atom. The van der Waals surface area contributed by atoms with Crippen molar-refractivity contribution >= 4 is 17.2 Å². The molecule has 1 heterocycles. The van der Waals surface area contributed by atoms with Crippen LogP contribution in [0.2, 0.25) is 0 Å². The zero-order valence-corrected chi connectivity index (χ0v) is 21.0. The van der Waals surface area contributed by atoms with E-state index >= 15 is 0 Å². The molecule has 0 bridgehead atoms. The second-order valence-corrected chi connectivity index (χ2v) is 10.3. The van der Waals surface area contributed by atoms with E-state index < -0.39 is 0 Å². The number of amides is 1. The van der Waals surface area contributed by atoms with Crippen molar-refractivity contribution in [3.63, 3.8) is 0 Å². The van der Waals surface area contributed by atoms with Crippen LogP contribution in [0.5, 0.6) is 0 Å². The van der Waals surface area contributed by atoms with E-state index in [4.69, 9.17) is 0 Å². The second-order valence-electron chi connectivity index (χ2n) is 9.34. The van der Waals surface area contributed by atoms with E-state index in [1.165, 1.54) is 28.5 Å². The third-order valence-corrected chi connectivity index (χ3v) is 7.38. The van der Waals surface area contributed by atoms with Crippen molar-refractivity contribution in [2.24, 2.45) is 0 Å². The van der Waals surface area contributed by atoms with E-state index in [2.05, 4.69) is 63.7 Å². The van der Waals surface area contributed by atoms with Crippen molar-refractivity contribution in [1.82, 2.24) is 15.2 Å². The molecule has 0 atom stereocenters. The Morgan fingerprint density at radius 1 is 0.944 bits per heavy atom. The Bertz CT molecular complexity index is 1230. The third kappa shape index (κ3) is 6.45. The lowest BCUT2D eigenvalue weighted by Crippen LogP contribution is -2.27. The smallest absolute Gasteiger partial charge is 0.270 e. The molecule has 1 N–H and O–H groups in total. The summed E-state index contributed by atoms with van der Waals surface area (Å²) in [7, 11) is 0. The molecule has 0 unspecified atom stereocenters. The normalized spacial score (nSPS) is 13.3. The van der Waals surface area contributed by atoms with Crippen LogP contribution in [0.4, 0.5) is 4.39 Å². The number of carbonyl (C=O) groups excluding carboxylic acids is 1. The van der Waals surface area contributed by atoms with E-state index in [1.54, 1.807) is 6.07 Å². The summed E-state index contributed by atoms with van der Waals surface area (Å²) in [5.74, 6) is -0.0747. The zero-order chi connectivity index (χ0) is 24.7. The molecule has 1 amide bonds. The Hall–Kier alpha value is -3.35. The summed E-state index contributed by atoms with van der Waals surface area (Å²) in [6.45, 7) is 1.80. The summed E-state index contributed by atoms with van der Waals surface area (Å²) in [5, 5.41) is 5.69. The van der Waals surface area contributed by atoms with Crippen LogP contribution in [0.1, 0.15) is 57.4 Å².